The summed E-state index contributed by atoms with van der Waals surface area (Å²) in [6.07, 6.45) is 2.08. The molecule has 1 rings (SSSR count). The number of nitro groups is 1. The first-order valence-electron chi connectivity index (χ1n) is 3.98. The minimum absolute atomic E-state index is 0.259. The second kappa shape index (κ2) is 4.87. The maximum absolute atomic E-state index is 11.2. The third-order valence-corrected chi connectivity index (χ3v) is 1.55. The number of methoxy groups -OCH3 is 1. The molecule has 1 heterocycles. The first-order valence-corrected chi connectivity index (χ1v) is 3.98. The molecule has 0 atom stereocenters. The molecule has 0 saturated carbocycles. The van der Waals surface area contributed by atoms with Crippen LogP contribution in [-0.4, -0.2) is 40.5 Å². The van der Waals surface area contributed by atoms with Crippen LogP contribution in [0.25, 0.3) is 0 Å². The monoisotopic (exact) mass is 228 g/mol. The Morgan fingerprint density at radius 1 is 1.62 bits per heavy atom. The van der Waals surface area contributed by atoms with Gasteiger partial charge < -0.3 is 19.7 Å². The predicted octanol–water partition coefficient (Wildman–Crippen LogP) is -0.228. The Morgan fingerprint density at radius 2 is 2.31 bits per heavy atom. The van der Waals surface area contributed by atoms with Crippen molar-refractivity contribution in [2.75, 3.05) is 14.2 Å². The number of aromatic nitrogens is 2. The number of esters is 1. The summed E-state index contributed by atoms with van der Waals surface area (Å²) < 4.78 is 5.46. The molecule has 9 nitrogen and oxygen atoms in total. The molecule has 0 spiro atoms. The minimum Gasteiger partial charge on any atom is -0.463 e. The van der Waals surface area contributed by atoms with Crippen LogP contribution in [0.4, 0.5) is 5.82 Å². The van der Waals surface area contributed by atoms with E-state index in [1.165, 1.54) is 7.11 Å². The molecule has 9 heteroatoms. The molecule has 0 unspecified atom stereocenters. The van der Waals surface area contributed by atoms with Crippen molar-refractivity contribution in [2.45, 2.75) is 0 Å². The summed E-state index contributed by atoms with van der Waals surface area (Å²) in [7, 11) is 2.38. The van der Waals surface area contributed by atoms with Gasteiger partial charge in [0.05, 0.1) is 7.11 Å². The second-order valence-corrected chi connectivity index (χ2v) is 2.49. The number of carbonyl (C=O) groups excluding carboxylic acids is 1. The van der Waals surface area contributed by atoms with Gasteiger partial charge in [0.1, 0.15) is 13.3 Å². The molecule has 1 aromatic rings. The third-order valence-electron chi connectivity index (χ3n) is 1.55. The van der Waals surface area contributed by atoms with Gasteiger partial charge in [0, 0.05) is 0 Å². The Balaban J connectivity index is 3.07. The van der Waals surface area contributed by atoms with Crippen molar-refractivity contribution in [3.8, 4) is 0 Å². The van der Waals surface area contributed by atoms with Gasteiger partial charge in [-0.2, -0.15) is 0 Å². The van der Waals surface area contributed by atoms with Crippen LogP contribution in [0.15, 0.2) is 17.7 Å². The normalized spacial score (nSPS) is 11.0. The van der Waals surface area contributed by atoms with Crippen molar-refractivity contribution < 1.29 is 19.3 Å². The summed E-state index contributed by atoms with van der Waals surface area (Å²) in [6, 6.07) is 0. The van der Waals surface area contributed by atoms with Crippen LogP contribution in [0.5, 0.6) is 0 Å². The van der Waals surface area contributed by atoms with E-state index in [2.05, 4.69) is 19.7 Å². The molecule has 0 saturated heterocycles. The van der Waals surface area contributed by atoms with Crippen LogP contribution < -0.4 is 0 Å². The Morgan fingerprint density at radius 3 is 2.75 bits per heavy atom. The Bertz CT molecular complexity index is 438. The zero-order chi connectivity index (χ0) is 12.1. The van der Waals surface area contributed by atoms with Gasteiger partial charge in [-0.15, -0.1) is 0 Å². The highest BCUT2D eigenvalue weighted by Gasteiger charge is 2.20. The zero-order valence-corrected chi connectivity index (χ0v) is 8.48. The molecule has 0 aliphatic carbocycles. The summed E-state index contributed by atoms with van der Waals surface area (Å²) in [5.41, 5.74) is 0. The van der Waals surface area contributed by atoms with E-state index >= 15 is 0 Å². The largest absolute Gasteiger partial charge is 0.463 e. The van der Waals surface area contributed by atoms with E-state index in [0.29, 0.717) is 0 Å². The van der Waals surface area contributed by atoms with Crippen LogP contribution in [0.2, 0.25) is 0 Å². The van der Waals surface area contributed by atoms with Gasteiger partial charge in [-0.1, -0.05) is 5.16 Å². The molecule has 0 radical (unpaired) electrons. The Kier molecular flexibility index (Phi) is 3.53. The molecule has 0 N–H and O–H groups in total. The van der Waals surface area contributed by atoms with Gasteiger partial charge in [0.15, 0.2) is 0 Å². The van der Waals surface area contributed by atoms with E-state index in [1.54, 1.807) is 0 Å². The molecular weight excluding hydrogens is 220 g/mol. The van der Waals surface area contributed by atoms with E-state index in [1.807, 2.05) is 0 Å². The molecule has 0 bridgehead atoms. The number of rotatable bonds is 2. The summed E-state index contributed by atoms with van der Waals surface area (Å²) in [4.78, 5) is 28.8. The number of ether oxygens (including phenoxy) is 1. The fraction of sp³-hybridized carbons (Fsp3) is 0.286. The number of carbonyl (C=O) groups is 1. The van der Waals surface area contributed by atoms with E-state index in [9.17, 15) is 14.9 Å². The standard InChI is InChI=1S/C7H8N4O5/c1-15-7(12)6(9-16-2)10-3-5(8-4-10)11(13)14/h3-4H,1-2H3/b9-6-. The van der Waals surface area contributed by atoms with Crippen LogP contribution in [0.3, 0.4) is 0 Å². The number of imidazole rings is 1. The minimum atomic E-state index is -0.797. The molecule has 0 aromatic carbocycles. The van der Waals surface area contributed by atoms with Gasteiger partial charge in [0.25, 0.3) is 5.84 Å². The van der Waals surface area contributed by atoms with E-state index in [-0.39, 0.29) is 5.84 Å². The maximum Gasteiger partial charge on any atom is 0.381 e. The van der Waals surface area contributed by atoms with Crippen LogP contribution in [0.1, 0.15) is 0 Å². The number of hydrogen-bond acceptors (Lipinski definition) is 7. The quantitative estimate of drug-likeness (QED) is 0.227. The summed E-state index contributed by atoms with van der Waals surface area (Å²) in [5, 5.41) is 13.8. The zero-order valence-electron chi connectivity index (χ0n) is 8.48. The summed E-state index contributed by atoms with van der Waals surface area (Å²) >= 11 is 0. The van der Waals surface area contributed by atoms with Crippen molar-refractivity contribution in [2.24, 2.45) is 5.16 Å². The number of nitrogens with zero attached hydrogens (tertiary/aromatic N) is 4. The fourth-order valence-electron chi connectivity index (χ4n) is 0.890. The summed E-state index contributed by atoms with van der Waals surface area (Å²) in [5.74, 6) is -1.47. The Labute approximate surface area is 89.4 Å². The average Bonchev–Trinajstić information content (AvgIpc) is 2.74. The lowest BCUT2D eigenvalue weighted by Crippen LogP contribution is -2.23. The van der Waals surface area contributed by atoms with Gasteiger partial charge in [-0.25, -0.2) is 4.79 Å². The van der Waals surface area contributed by atoms with Gasteiger partial charge in [-0.3, -0.25) is 4.57 Å². The Hall–Kier alpha value is -2.45. The smallest absolute Gasteiger partial charge is 0.381 e. The van der Waals surface area contributed by atoms with Crippen LogP contribution in [-0.2, 0) is 14.4 Å². The SMILES string of the molecule is CO/N=C(/C(=O)OC)n1cnc([N+](=O)[O-])c1. The highest BCUT2D eigenvalue weighted by atomic mass is 16.6. The molecule has 1 aromatic heterocycles. The van der Waals surface area contributed by atoms with Crippen LogP contribution in [0, 0.1) is 10.1 Å². The van der Waals surface area contributed by atoms with E-state index < -0.39 is 16.7 Å². The molecular formula is C7H8N4O5. The van der Waals surface area contributed by atoms with Crippen molar-refractivity contribution in [1.29, 1.82) is 0 Å². The predicted molar refractivity (Wildman–Crippen MR) is 50.7 cm³/mol. The second-order valence-electron chi connectivity index (χ2n) is 2.49. The molecule has 0 aliphatic heterocycles. The highest BCUT2D eigenvalue weighted by molar-refractivity contribution is 6.35. The van der Waals surface area contributed by atoms with Crippen LogP contribution >= 0.6 is 0 Å². The number of oxime groups is 1. The first kappa shape index (κ1) is 11.6. The molecule has 0 aliphatic rings. The molecule has 86 valence electrons. The average molecular weight is 228 g/mol. The lowest BCUT2D eigenvalue weighted by molar-refractivity contribution is -0.389. The van der Waals surface area contributed by atoms with Crippen molar-refractivity contribution in [1.82, 2.24) is 9.55 Å². The van der Waals surface area contributed by atoms with E-state index in [4.69, 9.17) is 0 Å². The van der Waals surface area contributed by atoms with E-state index in [0.717, 1.165) is 24.2 Å². The third kappa shape index (κ3) is 2.32. The van der Waals surface area contributed by atoms with Crippen molar-refractivity contribution in [3.05, 3.63) is 22.6 Å². The summed E-state index contributed by atoms with van der Waals surface area (Å²) in [6.45, 7) is 0. The lowest BCUT2D eigenvalue weighted by atomic mass is 10.6. The molecule has 0 amide bonds. The van der Waals surface area contributed by atoms with Gasteiger partial charge in [0.2, 0.25) is 6.33 Å². The highest BCUT2D eigenvalue weighted by Crippen LogP contribution is 2.06. The molecule has 0 fully saturated rings. The van der Waals surface area contributed by atoms with Crippen molar-refractivity contribution >= 4 is 17.6 Å². The first-order chi connectivity index (χ1) is 7.60. The topological polar surface area (TPSA) is 109 Å². The fourth-order valence-corrected chi connectivity index (χ4v) is 0.890. The van der Waals surface area contributed by atoms with Gasteiger partial charge >= 0.3 is 11.8 Å². The van der Waals surface area contributed by atoms with Gasteiger partial charge in [-0.05, 0) is 9.91 Å². The number of hydrogen-bond donors (Lipinski definition) is 0. The maximum atomic E-state index is 11.2. The van der Waals surface area contributed by atoms with Crippen molar-refractivity contribution in [3.63, 3.8) is 0 Å². The lowest BCUT2D eigenvalue weighted by Gasteiger charge is -2.01. The molecule has 16 heavy (non-hydrogen) atoms.